The van der Waals surface area contributed by atoms with Crippen LogP contribution in [0, 0.1) is 5.92 Å². The third-order valence-corrected chi connectivity index (χ3v) is 6.90. The largest absolute Gasteiger partial charge is 0.494 e. The molecule has 9 nitrogen and oxygen atoms in total. The van der Waals surface area contributed by atoms with Crippen LogP contribution in [0.4, 0.5) is 5.69 Å². The molecule has 1 saturated heterocycles. The van der Waals surface area contributed by atoms with Crippen LogP contribution in [0.3, 0.4) is 0 Å². The lowest BCUT2D eigenvalue weighted by Gasteiger charge is -2.30. The Morgan fingerprint density at radius 1 is 1.23 bits per heavy atom. The lowest BCUT2D eigenvalue weighted by atomic mass is 9.98. The number of amides is 1. The van der Waals surface area contributed by atoms with Gasteiger partial charge in [0.15, 0.2) is 5.03 Å². The predicted octanol–water partition coefficient (Wildman–Crippen LogP) is 2.74. The van der Waals surface area contributed by atoms with E-state index in [-0.39, 0.29) is 17.5 Å². The molecule has 1 aliphatic rings. The number of aryl methyl sites for hydroxylation is 1. The van der Waals surface area contributed by atoms with Gasteiger partial charge in [-0.2, -0.15) is 4.31 Å². The van der Waals surface area contributed by atoms with Gasteiger partial charge in [0.25, 0.3) is 10.0 Å². The molecule has 0 radical (unpaired) electrons. The smallest absolute Gasteiger partial charge is 0.262 e. The van der Waals surface area contributed by atoms with Gasteiger partial charge in [0, 0.05) is 31.9 Å². The van der Waals surface area contributed by atoms with Crippen molar-refractivity contribution in [2.24, 2.45) is 5.92 Å². The molecule has 1 fully saturated rings. The number of hydrogen-bond acceptors (Lipinski definition) is 6. The van der Waals surface area contributed by atoms with Crippen LogP contribution in [0.1, 0.15) is 33.6 Å². The molecule has 0 aliphatic carbocycles. The van der Waals surface area contributed by atoms with E-state index >= 15 is 0 Å². The van der Waals surface area contributed by atoms with Gasteiger partial charge < -0.3 is 19.4 Å². The minimum absolute atomic E-state index is 0.0125. The normalized spacial score (nSPS) is 17.3. The molecule has 170 valence electrons. The maximum absolute atomic E-state index is 13.0. The van der Waals surface area contributed by atoms with Gasteiger partial charge >= 0.3 is 0 Å². The SMILES string of the molecule is CCOc1ccc(OCC)c(NC(=O)C2CCCN(S(=O)(=O)c3cn(CC)cn3)C2)c1. The summed E-state index contributed by atoms with van der Waals surface area (Å²) in [4.78, 5) is 17.0. The van der Waals surface area contributed by atoms with Gasteiger partial charge in [-0.15, -0.1) is 0 Å². The molecule has 0 spiro atoms. The van der Waals surface area contributed by atoms with E-state index in [1.54, 1.807) is 22.8 Å². The van der Waals surface area contributed by atoms with Crippen molar-refractivity contribution in [1.82, 2.24) is 13.9 Å². The van der Waals surface area contributed by atoms with Crippen molar-refractivity contribution in [2.45, 2.75) is 45.2 Å². The number of piperidine rings is 1. The second-order valence-electron chi connectivity index (χ2n) is 7.26. The summed E-state index contributed by atoms with van der Waals surface area (Å²) in [5, 5.41) is 2.92. The Kier molecular flexibility index (Phi) is 7.55. The van der Waals surface area contributed by atoms with Crippen LogP contribution >= 0.6 is 0 Å². The Balaban J connectivity index is 1.74. The van der Waals surface area contributed by atoms with Gasteiger partial charge in [0.2, 0.25) is 5.91 Å². The van der Waals surface area contributed by atoms with Crippen molar-refractivity contribution in [3.8, 4) is 11.5 Å². The van der Waals surface area contributed by atoms with Gasteiger partial charge in [0.1, 0.15) is 11.5 Å². The highest BCUT2D eigenvalue weighted by Gasteiger charge is 2.34. The zero-order chi connectivity index (χ0) is 22.4. The standard InChI is InChI=1S/C21H30N4O5S/c1-4-24-14-20(22-15-24)31(27,28)25-11-7-8-16(13-25)21(26)23-18-12-17(29-5-2)9-10-19(18)30-6-3/h9-10,12,14-16H,4-8,11,13H2,1-3H3,(H,23,26). The van der Waals surface area contributed by atoms with Crippen molar-refractivity contribution in [2.75, 3.05) is 31.6 Å². The lowest BCUT2D eigenvalue weighted by Crippen LogP contribution is -2.43. The molecule has 1 N–H and O–H groups in total. The monoisotopic (exact) mass is 450 g/mol. The summed E-state index contributed by atoms with van der Waals surface area (Å²) < 4.78 is 40.2. The number of hydrogen-bond donors (Lipinski definition) is 1. The molecule has 1 aromatic carbocycles. The second-order valence-corrected chi connectivity index (χ2v) is 9.14. The number of nitrogens with one attached hydrogen (secondary N) is 1. The number of aromatic nitrogens is 2. The van der Waals surface area contributed by atoms with E-state index in [4.69, 9.17) is 9.47 Å². The Morgan fingerprint density at radius 3 is 2.68 bits per heavy atom. The molecule has 1 aromatic heterocycles. The maximum Gasteiger partial charge on any atom is 0.262 e. The van der Waals surface area contributed by atoms with E-state index in [0.29, 0.717) is 56.3 Å². The van der Waals surface area contributed by atoms with Crippen LogP contribution in [0.15, 0.2) is 35.7 Å². The fourth-order valence-corrected chi connectivity index (χ4v) is 4.99. The fourth-order valence-electron chi connectivity index (χ4n) is 3.53. The summed E-state index contributed by atoms with van der Waals surface area (Å²) >= 11 is 0. The minimum atomic E-state index is -3.74. The summed E-state index contributed by atoms with van der Waals surface area (Å²) in [6.45, 7) is 7.74. The zero-order valence-corrected chi connectivity index (χ0v) is 19.0. The van der Waals surface area contributed by atoms with Crippen molar-refractivity contribution in [1.29, 1.82) is 0 Å². The molecule has 10 heteroatoms. The van der Waals surface area contributed by atoms with Gasteiger partial charge in [-0.1, -0.05) is 0 Å². The minimum Gasteiger partial charge on any atom is -0.494 e. The first-order valence-electron chi connectivity index (χ1n) is 10.6. The van der Waals surface area contributed by atoms with Gasteiger partial charge in [0.05, 0.1) is 31.1 Å². The summed E-state index contributed by atoms with van der Waals surface area (Å²) in [6, 6.07) is 5.27. The van der Waals surface area contributed by atoms with Crippen LogP contribution in [-0.4, -0.2) is 54.5 Å². The number of carbonyl (C=O) groups excluding carboxylic acids is 1. The molecule has 1 aliphatic heterocycles. The van der Waals surface area contributed by atoms with E-state index in [0.717, 1.165) is 0 Å². The Bertz CT molecular complexity index is 1000. The number of sulfonamides is 1. The third-order valence-electron chi connectivity index (χ3n) is 5.15. The first-order chi connectivity index (χ1) is 14.9. The third kappa shape index (κ3) is 5.37. The topological polar surface area (TPSA) is 103 Å². The van der Waals surface area contributed by atoms with E-state index in [9.17, 15) is 13.2 Å². The van der Waals surface area contributed by atoms with E-state index in [1.807, 2.05) is 20.8 Å². The van der Waals surface area contributed by atoms with Crippen molar-refractivity contribution >= 4 is 21.6 Å². The summed E-state index contributed by atoms with van der Waals surface area (Å²) in [7, 11) is -3.74. The van der Waals surface area contributed by atoms with E-state index in [2.05, 4.69) is 10.3 Å². The number of rotatable bonds is 9. The Hall–Kier alpha value is -2.59. The fraction of sp³-hybridized carbons (Fsp3) is 0.524. The Morgan fingerprint density at radius 2 is 2.00 bits per heavy atom. The molecule has 1 amide bonds. The Labute approximate surface area is 183 Å². The number of anilines is 1. The summed E-state index contributed by atoms with van der Waals surface area (Å²) in [5.41, 5.74) is 0.513. The quantitative estimate of drug-likeness (QED) is 0.630. The van der Waals surface area contributed by atoms with Crippen molar-refractivity contribution < 1.29 is 22.7 Å². The highest BCUT2D eigenvalue weighted by molar-refractivity contribution is 7.89. The highest BCUT2D eigenvalue weighted by atomic mass is 32.2. The second kappa shape index (κ2) is 10.1. The average Bonchev–Trinajstić information content (AvgIpc) is 3.26. The maximum atomic E-state index is 13.0. The number of imidazole rings is 1. The number of carbonyl (C=O) groups is 1. The van der Waals surface area contributed by atoms with E-state index in [1.165, 1.54) is 16.8 Å². The predicted molar refractivity (Wildman–Crippen MR) is 117 cm³/mol. The lowest BCUT2D eigenvalue weighted by molar-refractivity contribution is -0.120. The first kappa shape index (κ1) is 23.1. The van der Waals surface area contributed by atoms with Crippen LogP contribution in [0.2, 0.25) is 0 Å². The van der Waals surface area contributed by atoms with Gasteiger partial charge in [-0.05, 0) is 45.7 Å². The van der Waals surface area contributed by atoms with Gasteiger partial charge in [-0.25, -0.2) is 13.4 Å². The van der Waals surface area contributed by atoms with Gasteiger partial charge in [-0.3, -0.25) is 4.79 Å². The first-order valence-corrected chi connectivity index (χ1v) is 12.0. The average molecular weight is 451 g/mol. The molecule has 1 unspecified atom stereocenters. The van der Waals surface area contributed by atoms with Crippen LogP contribution < -0.4 is 14.8 Å². The molecular weight excluding hydrogens is 420 g/mol. The molecule has 0 bridgehead atoms. The molecule has 2 aromatic rings. The van der Waals surface area contributed by atoms with Crippen molar-refractivity contribution in [3.05, 3.63) is 30.7 Å². The number of benzene rings is 1. The van der Waals surface area contributed by atoms with E-state index < -0.39 is 15.9 Å². The van der Waals surface area contributed by atoms with Crippen molar-refractivity contribution in [3.63, 3.8) is 0 Å². The molecule has 0 saturated carbocycles. The molecule has 31 heavy (non-hydrogen) atoms. The molecule has 1 atom stereocenters. The highest BCUT2D eigenvalue weighted by Crippen LogP contribution is 2.31. The summed E-state index contributed by atoms with van der Waals surface area (Å²) in [5.74, 6) is 0.459. The van der Waals surface area contributed by atoms with Crippen LogP contribution in [0.25, 0.3) is 0 Å². The molecule has 2 heterocycles. The van der Waals surface area contributed by atoms with Crippen LogP contribution in [-0.2, 0) is 21.4 Å². The number of nitrogens with zero attached hydrogens (tertiary/aromatic N) is 3. The van der Waals surface area contributed by atoms with Crippen LogP contribution in [0.5, 0.6) is 11.5 Å². The molecular formula is C21H30N4O5S. The molecule has 3 rings (SSSR count). The number of ether oxygens (including phenoxy) is 2. The summed E-state index contributed by atoms with van der Waals surface area (Å²) in [6.07, 6.45) is 4.23. The zero-order valence-electron chi connectivity index (χ0n) is 18.2.